The standard InChI is InChI=1S/C20H18N2O2/c23-19-15-8-4-5-9-16(15)20(24)18(22-12-10-21-11-13-22)17(19)14-6-2-1-3-7-14/h1-9,21H,10-13H2. The van der Waals surface area contributed by atoms with E-state index in [9.17, 15) is 9.59 Å². The summed E-state index contributed by atoms with van der Waals surface area (Å²) in [6.45, 7) is 3.09. The van der Waals surface area contributed by atoms with E-state index in [1.165, 1.54) is 0 Å². The molecule has 0 saturated carbocycles. The summed E-state index contributed by atoms with van der Waals surface area (Å²) in [6, 6.07) is 16.6. The third-order valence-corrected chi connectivity index (χ3v) is 4.59. The molecule has 0 aromatic heterocycles. The molecule has 0 unspecified atom stereocenters. The molecule has 0 atom stereocenters. The highest BCUT2D eigenvalue weighted by Gasteiger charge is 2.35. The molecule has 1 aliphatic heterocycles. The smallest absolute Gasteiger partial charge is 0.210 e. The highest BCUT2D eigenvalue weighted by atomic mass is 16.1. The lowest BCUT2D eigenvalue weighted by atomic mass is 9.83. The number of carbonyl (C=O) groups excluding carboxylic acids is 2. The number of piperazine rings is 1. The Kier molecular flexibility index (Phi) is 3.75. The average Bonchev–Trinajstić information content (AvgIpc) is 2.66. The first-order valence-corrected chi connectivity index (χ1v) is 8.21. The first-order valence-electron chi connectivity index (χ1n) is 8.21. The molecule has 2 aromatic rings. The Hall–Kier alpha value is -2.72. The predicted octanol–water partition coefficient (Wildman–Crippen LogP) is 2.38. The SMILES string of the molecule is O=C1C(c2ccccc2)=C(N2CCNCC2)C(=O)c2ccccc21. The summed E-state index contributed by atoms with van der Waals surface area (Å²) >= 11 is 0. The topological polar surface area (TPSA) is 49.4 Å². The van der Waals surface area contributed by atoms with Crippen molar-refractivity contribution in [3.63, 3.8) is 0 Å². The lowest BCUT2D eigenvalue weighted by Gasteiger charge is -2.34. The molecule has 0 radical (unpaired) electrons. The molecule has 0 bridgehead atoms. The summed E-state index contributed by atoms with van der Waals surface area (Å²) < 4.78 is 0. The lowest BCUT2D eigenvalue weighted by Crippen LogP contribution is -2.46. The molecular weight excluding hydrogens is 300 g/mol. The van der Waals surface area contributed by atoms with Crippen LogP contribution in [0.1, 0.15) is 26.3 Å². The molecule has 1 aliphatic carbocycles. The first-order chi connectivity index (χ1) is 11.8. The number of fused-ring (bicyclic) bond motifs is 1. The van der Waals surface area contributed by atoms with Crippen molar-refractivity contribution in [1.82, 2.24) is 10.2 Å². The van der Waals surface area contributed by atoms with Gasteiger partial charge in [0.2, 0.25) is 5.78 Å². The van der Waals surface area contributed by atoms with Gasteiger partial charge in [0.1, 0.15) is 0 Å². The molecule has 4 heteroatoms. The molecule has 2 aliphatic rings. The van der Waals surface area contributed by atoms with Crippen LogP contribution in [0.5, 0.6) is 0 Å². The minimum Gasteiger partial charge on any atom is -0.365 e. The first kappa shape index (κ1) is 14.8. The van der Waals surface area contributed by atoms with Crippen molar-refractivity contribution in [3.05, 3.63) is 77.0 Å². The monoisotopic (exact) mass is 318 g/mol. The number of carbonyl (C=O) groups is 2. The minimum atomic E-state index is -0.0649. The quantitative estimate of drug-likeness (QED) is 0.924. The van der Waals surface area contributed by atoms with Crippen LogP contribution in [0.15, 0.2) is 60.3 Å². The maximum absolute atomic E-state index is 13.2. The van der Waals surface area contributed by atoms with Gasteiger partial charge in [-0.1, -0.05) is 54.6 Å². The van der Waals surface area contributed by atoms with Gasteiger partial charge < -0.3 is 10.2 Å². The number of rotatable bonds is 2. The molecule has 24 heavy (non-hydrogen) atoms. The van der Waals surface area contributed by atoms with Crippen LogP contribution in [0.3, 0.4) is 0 Å². The van der Waals surface area contributed by atoms with E-state index in [4.69, 9.17) is 0 Å². The molecule has 4 rings (SSSR count). The summed E-state index contributed by atoms with van der Waals surface area (Å²) in [6.07, 6.45) is 0. The number of ketones is 2. The van der Waals surface area contributed by atoms with E-state index in [1.807, 2.05) is 42.5 Å². The van der Waals surface area contributed by atoms with Crippen molar-refractivity contribution in [2.45, 2.75) is 0 Å². The predicted molar refractivity (Wildman–Crippen MR) is 92.9 cm³/mol. The molecule has 1 fully saturated rings. The third kappa shape index (κ3) is 2.36. The van der Waals surface area contributed by atoms with Gasteiger partial charge in [-0.05, 0) is 5.56 Å². The van der Waals surface area contributed by atoms with E-state index in [-0.39, 0.29) is 11.6 Å². The minimum absolute atomic E-state index is 0.0500. The Morgan fingerprint density at radius 1 is 0.750 bits per heavy atom. The molecule has 120 valence electrons. The van der Waals surface area contributed by atoms with Crippen LogP contribution in [0.4, 0.5) is 0 Å². The van der Waals surface area contributed by atoms with Crippen molar-refractivity contribution in [2.24, 2.45) is 0 Å². The van der Waals surface area contributed by atoms with Crippen LogP contribution in [0.25, 0.3) is 5.57 Å². The molecule has 1 N–H and O–H groups in total. The Morgan fingerprint density at radius 2 is 1.33 bits per heavy atom. The average molecular weight is 318 g/mol. The van der Waals surface area contributed by atoms with Crippen molar-refractivity contribution in [1.29, 1.82) is 0 Å². The lowest BCUT2D eigenvalue weighted by molar-refractivity contribution is 0.0954. The van der Waals surface area contributed by atoms with Gasteiger partial charge in [-0.3, -0.25) is 9.59 Å². The second-order valence-corrected chi connectivity index (χ2v) is 6.03. The van der Waals surface area contributed by atoms with Gasteiger partial charge in [0.25, 0.3) is 0 Å². The van der Waals surface area contributed by atoms with Gasteiger partial charge in [0.15, 0.2) is 5.78 Å². The van der Waals surface area contributed by atoms with Crippen molar-refractivity contribution >= 4 is 17.1 Å². The molecule has 0 amide bonds. The second kappa shape index (κ2) is 6.06. The van der Waals surface area contributed by atoms with Crippen LogP contribution in [-0.2, 0) is 0 Å². The Bertz CT molecular complexity index is 834. The Labute approximate surface area is 140 Å². The van der Waals surface area contributed by atoms with Crippen LogP contribution >= 0.6 is 0 Å². The number of benzene rings is 2. The van der Waals surface area contributed by atoms with E-state index >= 15 is 0 Å². The fourth-order valence-corrected chi connectivity index (χ4v) is 3.43. The number of allylic oxidation sites excluding steroid dienone is 2. The van der Waals surface area contributed by atoms with E-state index < -0.39 is 0 Å². The number of nitrogens with one attached hydrogen (secondary N) is 1. The molecule has 2 aromatic carbocycles. The fraction of sp³-hybridized carbons (Fsp3) is 0.200. The van der Waals surface area contributed by atoms with Crippen molar-refractivity contribution < 1.29 is 9.59 Å². The van der Waals surface area contributed by atoms with Gasteiger partial charge in [-0.15, -0.1) is 0 Å². The number of hydrogen-bond donors (Lipinski definition) is 1. The van der Waals surface area contributed by atoms with Crippen LogP contribution in [0.2, 0.25) is 0 Å². The highest BCUT2D eigenvalue weighted by Crippen LogP contribution is 2.34. The summed E-state index contributed by atoms with van der Waals surface area (Å²) in [5, 5.41) is 3.29. The zero-order chi connectivity index (χ0) is 16.5. The van der Waals surface area contributed by atoms with Gasteiger partial charge in [0, 0.05) is 37.3 Å². The molecule has 1 heterocycles. The maximum Gasteiger partial charge on any atom is 0.210 e. The van der Waals surface area contributed by atoms with E-state index in [0.29, 0.717) is 22.4 Å². The molecule has 1 saturated heterocycles. The number of nitrogens with zero attached hydrogens (tertiary/aromatic N) is 1. The number of Topliss-reactive ketones (excluding diaryl/α,β-unsaturated/α-hetero) is 2. The molecule has 4 nitrogen and oxygen atoms in total. The summed E-state index contributed by atoms with van der Waals surface area (Å²) in [5.41, 5.74) is 2.89. The summed E-state index contributed by atoms with van der Waals surface area (Å²) in [5.74, 6) is -0.115. The van der Waals surface area contributed by atoms with E-state index in [1.54, 1.807) is 12.1 Å². The summed E-state index contributed by atoms with van der Waals surface area (Å²) in [7, 11) is 0. The fourth-order valence-electron chi connectivity index (χ4n) is 3.43. The van der Waals surface area contributed by atoms with Gasteiger partial charge >= 0.3 is 0 Å². The van der Waals surface area contributed by atoms with Crippen molar-refractivity contribution in [3.8, 4) is 0 Å². The highest BCUT2D eigenvalue weighted by molar-refractivity contribution is 6.40. The van der Waals surface area contributed by atoms with Gasteiger partial charge in [-0.2, -0.15) is 0 Å². The zero-order valence-electron chi connectivity index (χ0n) is 13.3. The Morgan fingerprint density at radius 3 is 2.00 bits per heavy atom. The zero-order valence-corrected chi connectivity index (χ0v) is 13.3. The normalized spacial score (nSPS) is 17.9. The van der Waals surface area contributed by atoms with E-state index in [0.717, 1.165) is 31.7 Å². The van der Waals surface area contributed by atoms with Crippen LogP contribution in [0, 0.1) is 0 Å². The van der Waals surface area contributed by atoms with Gasteiger partial charge in [-0.25, -0.2) is 0 Å². The Balaban J connectivity index is 1.94. The van der Waals surface area contributed by atoms with E-state index in [2.05, 4.69) is 10.2 Å². The van der Waals surface area contributed by atoms with Crippen LogP contribution in [-0.4, -0.2) is 42.6 Å². The van der Waals surface area contributed by atoms with Gasteiger partial charge in [0.05, 0.1) is 11.3 Å². The van der Waals surface area contributed by atoms with Crippen molar-refractivity contribution in [2.75, 3.05) is 26.2 Å². The number of hydrogen-bond acceptors (Lipinski definition) is 4. The maximum atomic E-state index is 13.2. The molecular formula is C20H18N2O2. The largest absolute Gasteiger partial charge is 0.365 e. The molecule has 0 spiro atoms. The van der Waals surface area contributed by atoms with Crippen LogP contribution < -0.4 is 5.32 Å². The second-order valence-electron chi connectivity index (χ2n) is 6.03. The third-order valence-electron chi connectivity index (χ3n) is 4.59. The summed E-state index contributed by atoms with van der Waals surface area (Å²) in [4.78, 5) is 28.4.